The van der Waals surface area contributed by atoms with Crippen molar-refractivity contribution >= 4 is 17.5 Å². The zero-order valence-electron chi connectivity index (χ0n) is 13.7. The largest absolute Gasteiger partial charge is 0.348 e. The second kappa shape index (κ2) is 5.99. The summed E-state index contributed by atoms with van der Waals surface area (Å²) in [5.41, 5.74) is 1.52. The predicted octanol–water partition coefficient (Wildman–Crippen LogP) is 3.72. The lowest BCUT2D eigenvalue weighted by Gasteiger charge is -2.37. The Hall–Kier alpha value is -1.03. The van der Waals surface area contributed by atoms with E-state index in [2.05, 4.69) is 31.2 Å². The summed E-state index contributed by atoms with van der Waals surface area (Å²) in [6.07, 6.45) is 4.42. The number of rotatable bonds is 2. The number of nitrogens with zero attached hydrogens (tertiary/aromatic N) is 2. The molecule has 0 saturated heterocycles. The van der Waals surface area contributed by atoms with E-state index in [4.69, 9.17) is 11.6 Å². The summed E-state index contributed by atoms with van der Waals surface area (Å²) in [5.74, 6) is 0.592. The van der Waals surface area contributed by atoms with Gasteiger partial charge in [0, 0.05) is 13.1 Å². The molecular formula is C16H26ClN3O. The first-order valence-electron chi connectivity index (χ1n) is 7.70. The van der Waals surface area contributed by atoms with Crippen molar-refractivity contribution in [3.8, 4) is 0 Å². The van der Waals surface area contributed by atoms with Crippen LogP contribution in [0.25, 0.3) is 0 Å². The van der Waals surface area contributed by atoms with Gasteiger partial charge in [0.15, 0.2) is 5.69 Å². The van der Waals surface area contributed by atoms with Crippen molar-refractivity contribution in [1.82, 2.24) is 15.1 Å². The number of aromatic nitrogens is 2. The number of halogens is 1. The zero-order chi connectivity index (χ0) is 15.8. The van der Waals surface area contributed by atoms with Crippen molar-refractivity contribution in [3.63, 3.8) is 0 Å². The van der Waals surface area contributed by atoms with Crippen LogP contribution >= 0.6 is 11.6 Å². The molecule has 4 nitrogen and oxygen atoms in total. The molecule has 0 aromatic carbocycles. The second-order valence-corrected chi connectivity index (χ2v) is 7.64. The van der Waals surface area contributed by atoms with Gasteiger partial charge in [0.25, 0.3) is 5.91 Å². The third-order valence-electron chi connectivity index (χ3n) is 4.76. The quantitative estimate of drug-likeness (QED) is 0.905. The van der Waals surface area contributed by atoms with Crippen LogP contribution in [0.3, 0.4) is 0 Å². The molecular weight excluding hydrogens is 286 g/mol. The minimum Gasteiger partial charge on any atom is -0.348 e. The Morgan fingerprint density at radius 2 is 1.86 bits per heavy atom. The Bertz CT molecular complexity index is 522. The Morgan fingerprint density at radius 1 is 1.29 bits per heavy atom. The molecule has 1 N–H and O–H groups in total. The smallest absolute Gasteiger partial charge is 0.273 e. The summed E-state index contributed by atoms with van der Waals surface area (Å²) in [7, 11) is 1.80. The standard InChI is InChI=1S/C16H26ClN3O/c1-10-13(17)14(19-20(10)5)15(21)18-12-8-6-11(7-9-12)16(2,3)4/h11-12H,6-9H2,1-5H3,(H,18,21). The van der Waals surface area contributed by atoms with Gasteiger partial charge in [0.05, 0.1) is 10.7 Å². The summed E-state index contributed by atoms with van der Waals surface area (Å²) < 4.78 is 1.65. The zero-order valence-corrected chi connectivity index (χ0v) is 14.4. The molecule has 1 heterocycles. The van der Waals surface area contributed by atoms with Crippen LogP contribution in [0.5, 0.6) is 0 Å². The van der Waals surface area contributed by atoms with Crippen LogP contribution in [0.2, 0.25) is 5.02 Å². The fourth-order valence-corrected chi connectivity index (χ4v) is 3.33. The summed E-state index contributed by atoms with van der Waals surface area (Å²) in [5, 5.41) is 7.75. The van der Waals surface area contributed by atoms with Gasteiger partial charge >= 0.3 is 0 Å². The molecule has 1 fully saturated rings. The second-order valence-electron chi connectivity index (χ2n) is 7.26. The number of hydrogen-bond donors (Lipinski definition) is 1. The molecule has 2 rings (SSSR count). The van der Waals surface area contributed by atoms with Crippen LogP contribution in [-0.2, 0) is 7.05 Å². The number of amides is 1. The molecule has 1 aliphatic carbocycles. The summed E-state index contributed by atoms with van der Waals surface area (Å²) >= 11 is 6.17. The molecule has 1 aromatic rings. The van der Waals surface area contributed by atoms with E-state index < -0.39 is 0 Å². The maximum atomic E-state index is 12.3. The van der Waals surface area contributed by atoms with E-state index in [9.17, 15) is 4.79 Å². The minimum atomic E-state index is -0.150. The molecule has 0 aliphatic heterocycles. The molecule has 0 spiro atoms. The molecule has 5 heteroatoms. The van der Waals surface area contributed by atoms with Crippen LogP contribution in [0, 0.1) is 18.3 Å². The summed E-state index contributed by atoms with van der Waals surface area (Å²) in [6, 6.07) is 0.245. The van der Waals surface area contributed by atoms with Crippen molar-refractivity contribution in [2.45, 2.75) is 59.4 Å². The lowest BCUT2D eigenvalue weighted by molar-refractivity contribution is 0.0898. The van der Waals surface area contributed by atoms with Crippen LogP contribution < -0.4 is 5.32 Å². The molecule has 1 saturated carbocycles. The van der Waals surface area contributed by atoms with Gasteiger partial charge in [-0.1, -0.05) is 32.4 Å². The van der Waals surface area contributed by atoms with Gasteiger partial charge in [-0.25, -0.2) is 0 Å². The van der Waals surface area contributed by atoms with E-state index in [1.165, 1.54) is 12.8 Å². The van der Waals surface area contributed by atoms with Gasteiger partial charge in [-0.2, -0.15) is 5.10 Å². The predicted molar refractivity (Wildman–Crippen MR) is 85.6 cm³/mol. The third kappa shape index (κ3) is 3.60. The topological polar surface area (TPSA) is 46.9 Å². The Balaban J connectivity index is 1.94. The van der Waals surface area contributed by atoms with Crippen molar-refractivity contribution in [2.75, 3.05) is 0 Å². The van der Waals surface area contributed by atoms with Gasteiger partial charge in [0.2, 0.25) is 0 Å². The fourth-order valence-electron chi connectivity index (χ4n) is 3.08. The maximum Gasteiger partial charge on any atom is 0.273 e. The first kappa shape index (κ1) is 16.3. The van der Waals surface area contributed by atoms with Gasteiger partial charge < -0.3 is 5.32 Å². The molecule has 0 radical (unpaired) electrons. The van der Waals surface area contributed by atoms with Gasteiger partial charge in [0.1, 0.15) is 0 Å². The first-order chi connectivity index (χ1) is 9.70. The highest BCUT2D eigenvalue weighted by atomic mass is 35.5. The lowest BCUT2D eigenvalue weighted by atomic mass is 9.71. The summed E-state index contributed by atoms with van der Waals surface area (Å²) in [6.45, 7) is 8.76. The van der Waals surface area contributed by atoms with Crippen LogP contribution in [0.15, 0.2) is 0 Å². The van der Waals surface area contributed by atoms with E-state index in [0.29, 0.717) is 16.1 Å². The van der Waals surface area contributed by atoms with Crippen molar-refractivity contribution in [2.24, 2.45) is 18.4 Å². The number of nitrogens with one attached hydrogen (secondary N) is 1. The average Bonchev–Trinajstić information content (AvgIpc) is 2.66. The third-order valence-corrected chi connectivity index (χ3v) is 5.22. The molecule has 21 heavy (non-hydrogen) atoms. The molecule has 1 amide bonds. The molecule has 1 aliphatic rings. The maximum absolute atomic E-state index is 12.3. The van der Waals surface area contributed by atoms with Crippen molar-refractivity contribution in [1.29, 1.82) is 0 Å². The molecule has 0 atom stereocenters. The Labute approximate surface area is 132 Å². The summed E-state index contributed by atoms with van der Waals surface area (Å²) in [4.78, 5) is 12.3. The molecule has 0 unspecified atom stereocenters. The lowest BCUT2D eigenvalue weighted by Crippen LogP contribution is -2.39. The highest BCUT2D eigenvalue weighted by molar-refractivity contribution is 6.34. The monoisotopic (exact) mass is 311 g/mol. The van der Waals surface area contributed by atoms with Gasteiger partial charge in [-0.3, -0.25) is 9.48 Å². The van der Waals surface area contributed by atoms with E-state index in [0.717, 1.165) is 24.5 Å². The number of carbonyl (C=O) groups is 1. The van der Waals surface area contributed by atoms with Crippen LogP contribution in [0.1, 0.15) is 62.6 Å². The molecule has 1 aromatic heterocycles. The van der Waals surface area contributed by atoms with Gasteiger partial charge in [-0.15, -0.1) is 0 Å². The highest BCUT2D eigenvalue weighted by Gasteiger charge is 2.31. The minimum absolute atomic E-state index is 0.150. The van der Waals surface area contributed by atoms with Crippen molar-refractivity contribution in [3.05, 3.63) is 16.4 Å². The van der Waals surface area contributed by atoms with E-state index in [-0.39, 0.29) is 11.9 Å². The first-order valence-corrected chi connectivity index (χ1v) is 8.08. The Kier molecular flexibility index (Phi) is 4.66. The van der Waals surface area contributed by atoms with Crippen LogP contribution in [-0.4, -0.2) is 21.7 Å². The molecule has 0 bridgehead atoms. The Morgan fingerprint density at radius 3 is 2.29 bits per heavy atom. The normalized spacial score (nSPS) is 23.1. The van der Waals surface area contributed by atoms with Crippen molar-refractivity contribution < 1.29 is 4.79 Å². The number of hydrogen-bond acceptors (Lipinski definition) is 2. The van der Waals surface area contributed by atoms with Gasteiger partial charge in [-0.05, 0) is 43.9 Å². The average molecular weight is 312 g/mol. The number of aryl methyl sites for hydroxylation is 1. The highest BCUT2D eigenvalue weighted by Crippen LogP contribution is 2.37. The van der Waals surface area contributed by atoms with E-state index in [1.54, 1.807) is 11.7 Å². The molecule has 118 valence electrons. The van der Waals surface area contributed by atoms with E-state index in [1.807, 2.05) is 6.92 Å². The van der Waals surface area contributed by atoms with Crippen LogP contribution in [0.4, 0.5) is 0 Å². The SMILES string of the molecule is Cc1c(Cl)c(C(=O)NC2CCC(C(C)(C)C)CC2)nn1C. The fraction of sp³-hybridized carbons (Fsp3) is 0.750. The van der Waals surface area contributed by atoms with E-state index >= 15 is 0 Å². The number of carbonyl (C=O) groups excluding carboxylic acids is 1.